The van der Waals surface area contributed by atoms with Crippen molar-refractivity contribution < 1.29 is 23.9 Å². The van der Waals surface area contributed by atoms with Gasteiger partial charge in [-0.05, 0) is 36.8 Å². The third-order valence-electron chi connectivity index (χ3n) is 4.75. The predicted octanol–water partition coefficient (Wildman–Crippen LogP) is 4.49. The summed E-state index contributed by atoms with van der Waals surface area (Å²) in [5, 5.41) is 14.6. The van der Waals surface area contributed by atoms with Gasteiger partial charge in [0.2, 0.25) is 0 Å². The van der Waals surface area contributed by atoms with Crippen LogP contribution in [-0.2, 0) is 6.54 Å². The van der Waals surface area contributed by atoms with Crippen molar-refractivity contribution in [1.82, 2.24) is 5.16 Å². The van der Waals surface area contributed by atoms with Crippen molar-refractivity contribution in [3.05, 3.63) is 58.6 Å². The Hall–Kier alpha value is -3.19. The minimum Gasteiger partial charge on any atom is -0.493 e. The Morgan fingerprint density at radius 3 is 2.76 bits per heavy atom. The zero-order valence-electron chi connectivity index (χ0n) is 15.7. The van der Waals surface area contributed by atoms with Crippen LogP contribution < -0.4 is 14.4 Å². The highest BCUT2D eigenvalue weighted by atomic mass is 35.5. The first-order valence-corrected chi connectivity index (χ1v) is 9.49. The number of benzene rings is 2. The molecule has 2 heterocycles. The number of carbonyl (C=O) groups is 1. The number of aromatic nitrogens is 1. The zero-order valence-corrected chi connectivity index (χ0v) is 16.5. The summed E-state index contributed by atoms with van der Waals surface area (Å²) in [5.41, 5.74) is 1.51. The number of ether oxygens (including phenoxy) is 2. The first-order valence-electron chi connectivity index (χ1n) is 9.11. The molecular formula is C21H19ClN2O5. The molecule has 8 heteroatoms. The van der Waals surface area contributed by atoms with Crippen LogP contribution >= 0.6 is 11.6 Å². The number of hydrogen-bond donors (Lipinski definition) is 1. The highest BCUT2D eigenvalue weighted by Crippen LogP contribution is 2.37. The number of carboxylic acids is 1. The molecule has 3 aromatic rings. The molecule has 1 aliphatic rings. The van der Waals surface area contributed by atoms with Crippen LogP contribution in [0, 0.1) is 0 Å². The molecule has 7 nitrogen and oxygen atoms in total. The molecule has 0 spiro atoms. The predicted molar refractivity (Wildman–Crippen MR) is 108 cm³/mol. The van der Waals surface area contributed by atoms with Gasteiger partial charge in [0.05, 0.1) is 13.7 Å². The number of para-hydroxylation sites is 1. The van der Waals surface area contributed by atoms with E-state index < -0.39 is 5.97 Å². The molecule has 4 rings (SSSR count). The topological polar surface area (TPSA) is 85.0 Å². The van der Waals surface area contributed by atoms with E-state index in [2.05, 4.69) is 5.16 Å². The van der Waals surface area contributed by atoms with Crippen molar-refractivity contribution in [2.24, 2.45) is 0 Å². The third-order valence-corrected chi connectivity index (χ3v) is 5.01. The second-order valence-corrected chi connectivity index (χ2v) is 7.03. The summed E-state index contributed by atoms with van der Waals surface area (Å²) in [6.07, 6.45) is 0.694. The van der Waals surface area contributed by atoms with E-state index in [0.717, 1.165) is 5.56 Å². The highest BCUT2D eigenvalue weighted by molar-refractivity contribution is 6.30. The van der Waals surface area contributed by atoms with Gasteiger partial charge in [0.25, 0.3) is 0 Å². The highest BCUT2D eigenvalue weighted by Gasteiger charge is 2.29. The van der Waals surface area contributed by atoms with Crippen molar-refractivity contribution in [2.45, 2.75) is 13.0 Å². The Balaban J connectivity index is 1.76. The number of methoxy groups -OCH3 is 1. The fourth-order valence-electron chi connectivity index (χ4n) is 3.39. The smallest absolute Gasteiger partial charge is 0.343 e. The van der Waals surface area contributed by atoms with Crippen LogP contribution in [0.3, 0.4) is 0 Å². The van der Waals surface area contributed by atoms with Crippen molar-refractivity contribution in [1.29, 1.82) is 0 Å². The number of halogens is 1. The first-order chi connectivity index (χ1) is 14.1. The summed E-state index contributed by atoms with van der Waals surface area (Å²) in [6.45, 7) is 1.47. The molecule has 1 N–H and O–H groups in total. The molecule has 0 fully saturated rings. The lowest BCUT2D eigenvalue weighted by Crippen LogP contribution is -2.29. The van der Waals surface area contributed by atoms with Crippen molar-refractivity contribution in [2.75, 3.05) is 25.2 Å². The lowest BCUT2D eigenvalue weighted by molar-refractivity contribution is 0.0697. The van der Waals surface area contributed by atoms with Crippen LogP contribution in [0.1, 0.15) is 22.3 Å². The quantitative estimate of drug-likeness (QED) is 0.673. The molecular weight excluding hydrogens is 396 g/mol. The number of nitrogens with zero attached hydrogens (tertiary/aromatic N) is 2. The fourth-order valence-corrected chi connectivity index (χ4v) is 3.52. The normalized spacial score (nSPS) is 13.8. The van der Waals surface area contributed by atoms with Gasteiger partial charge in [-0.2, -0.15) is 0 Å². The Morgan fingerprint density at radius 2 is 2.03 bits per heavy atom. The largest absolute Gasteiger partial charge is 0.493 e. The van der Waals surface area contributed by atoms with E-state index in [-0.39, 0.29) is 17.1 Å². The molecule has 0 bridgehead atoms. The monoisotopic (exact) mass is 414 g/mol. The molecule has 0 saturated carbocycles. The van der Waals surface area contributed by atoms with Gasteiger partial charge in [0.15, 0.2) is 28.6 Å². The van der Waals surface area contributed by atoms with E-state index in [1.807, 2.05) is 23.1 Å². The van der Waals surface area contributed by atoms with E-state index in [0.29, 0.717) is 48.2 Å². The Labute approximate surface area is 172 Å². The summed E-state index contributed by atoms with van der Waals surface area (Å²) in [7, 11) is 1.59. The van der Waals surface area contributed by atoms with Crippen molar-refractivity contribution in [3.63, 3.8) is 0 Å². The van der Waals surface area contributed by atoms with Gasteiger partial charge in [-0.15, -0.1) is 0 Å². The Kier molecular flexibility index (Phi) is 5.31. The molecule has 0 aliphatic carbocycles. The number of aromatic carboxylic acids is 1. The first kappa shape index (κ1) is 19.1. The number of anilines is 1. The lowest BCUT2D eigenvalue weighted by atomic mass is 10.1. The van der Waals surface area contributed by atoms with Gasteiger partial charge < -0.3 is 24.0 Å². The van der Waals surface area contributed by atoms with Crippen LogP contribution in [0.25, 0.3) is 11.3 Å². The van der Waals surface area contributed by atoms with Crippen molar-refractivity contribution >= 4 is 23.4 Å². The number of hydrogen-bond acceptors (Lipinski definition) is 6. The molecule has 2 aromatic carbocycles. The Morgan fingerprint density at radius 1 is 1.24 bits per heavy atom. The maximum absolute atomic E-state index is 12.1. The summed E-state index contributed by atoms with van der Waals surface area (Å²) in [5.74, 6) is 0.699. The lowest BCUT2D eigenvalue weighted by Gasteiger charge is -2.27. The molecule has 1 aromatic heterocycles. The molecule has 29 heavy (non-hydrogen) atoms. The summed E-state index contributed by atoms with van der Waals surface area (Å²) in [6, 6.07) is 12.4. The molecule has 0 saturated heterocycles. The molecule has 1 aliphatic heterocycles. The molecule has 0 amide bonds. The molecule has 0 unspecified atom stereocenters. The van der Waals surface area contributed by atoms with Crippen LogP contribution in [0.5, 0.6) is 11.5 Å². The van der Waals surface area contributed by atoms with Gasteiger partial charge in [0, 0.05) is 29.2 Å². The van der Waals surface area contributed by atoms with Gasteiger partial charge in [-0.3, -0.25) is 0 Å². The summed E-state index contributed by atoms with van der Waals surface area (Å²) in [4.78, 5) is 14.0. The van der Waals surface area contributed by atoms with Crippen LogP contribution in [0.4, 0.5) is 5.82 Å². The average molecular weight is 415 g/mol. The second-order valence-electron chi connectivity index (χ2n) is 6.59. The summed E-state index contributed by atoms with van der Waals surface area (Å²) >= 11 is 5.94. The third kappa shape index (κ3) is 3.73. The van der Waals surface area contributed by atoms with Crippen molar-refractivity contribution in [3.8, 4) is 22.8 Å². The van der Waals surface area contributed by atoms with E-state index in [1.54, 1.807) is 31.4 Å². The molecule has 0 radical (unpaired) electrons. The minimum atomic E-state index is -1.10. The maximum Gasteiger partial charge on any atom is 0.343 e. The van der Waals surface area contributed by atoms with Gasteiger partial charge in [0.1, 0.15) is 0 Å². The molecule has 150 valence electrons. The standard InChI is InChI=1S/C21H19ClN2O5/c1-27-16-5-2-4-14-12-24(10-3-11-28-18(14)16)20-17(21(25)26)19(29-23-20)13-6-8-15(22)9-7-13/h2,4-9H,3,10-12H2,1H3,(H,25,26). The Bertz CT molecular complexity index is 1030. The van der Waals surface area contributed by atoms with Gasteiger partial charge in [-0.1, -0.05) is 28.9 Å². The SMILES string of the molecule is COc1cccc2c1OCCCN(c1noc(-c3ccc(Cl)cc3)c1C(=O)O)C2. The van der Waals surface area contributed by atoms with E-state index >= 15 is 0 Å². The second kappa shape index (κ2) is 8.05. The number of rotatable bonds is 4. The average Bonchev–Trinajstić information content (AvgIpc) is 3.14. The van der Waals surface area contributed by atoms with Crippen LogP contribution in [-0.4, -0.2) is 36.5 Å². The summed E-state index contributed by atoms with van der Waals surface area (Å²) < 4.78 is 16.7. The fraction of sp³-hybridized carbons (Fsp3) is 0.238. The van der Waals surface area contributed by atoms with Crippen LogP contribution in [0.15, 0.2) is 47.0 Å². The van der Waals surface area contributed by atoms with E-state index in [1.165, 1.54) is 0 Å². The van der Waals surface area contributed by atoms with Gasteiger partial charge in [-0.25, -0.2) is 4.79 Å². The number of carboxylic acid groups (broad SMARTS) is 1. The van der Waals surface area contributed by atoms with Gasteiger partial charge >= 0.3 is 5.97 Å². The van der Waals surface area contributed by atoms with Crippen LogP contribution in [0.2, 0.25) is 5.02 Å². The maximum atomic E-state index is 12.1. The van der Waals surface area contributed by atoms with E-state index in [4.69, 9.17) is 25.6 Å². The minimum absolute atomic E-state index is 0.0262. The van der Waals surface area contributed by atoms with E-state index in [9.17, 15) is 9.90 Å². The number of fused-ring (bicyclic) bond motifs is 1. The molecule has 0 atom stereocenters. The zero-order chi connectivity index (χ0) is 20.4.